The molecule has 25 heavy (non-hydrogen) atoms. The number of rotatable bonds is 8. The SMILES string of the molecule is CCN1CCC(COc2ccc(C(C)C)cc2)C(NS(=O)(=O)CC)C1. The monoisotopic (exact) mass is 368 g/mol. The van der Waals surface area contributed by atoms with Gasteiger partial charge in [-0.25, -0.2) is 13.1 Å². The van der Waals surface area contributed by atoms with Crippen LogP contribution in [0.5, 0.6) is 5.75 Å². The maximum atomic E-state index is 12.0. The first-order valence-electron chi connectivity index (χ1n) is 9.29. The predicted octanol–water partition coefficient (Wildman–Crippen LogP) is 2.84. The number of ether oxygens (including phenoxy) is 1. The van der Waals surface area contributed by atoms with E-state index in [1.54, 1.807) is 6.92 Å². The second-order valence-corrected chi connectivity index (χ2v) is 9.15. The van der Waals surface area contributed by atoms with Gasteiger partial charge >= 0.3 is 0 Å². The van der Waals surface area contributed by atoms with Crippen LogP contribution in [0.1, 0.15) is 45.6 Å². The van der Waals surface area contributed by atoms with Crippen LogP contribution in [-0.4, -0.2) is 51.4 Å². The summed E-state index contributed by atoms with van der Waals surface area (Å²) in [5.41, 5.74) is 1.29. The first-order chi connectivity index (χ1) is 11.8. The number of likely N-dealkylation sites (N-methyl/N-ethyl adjacent to an activating group) is 1. The van der Waals surface area contributed by atoms with Crippen molar-refractivity contribution < 1.29 is 13.2 Å². The smallest absolute Gasteiger partial charge is 0.211 e. The molecule has 0 saturated carbocycles. The van der Waals surface area contributed by atoms with E-state index in [1.807, 2.05) is 12.1 Å². The summed E-state index contributed by atoms with van der Waals surface area (Å²) in [6.45, 7) is 11.3. The van der Waals surface area contributed by atoms with Crippen molar-refractivity contribution in [2.45, 2.75) is 46.1 Å². The van der Waals surface area contributed by atoms with Gasteiger partial charge in [-0.3, -0.25) is 0 Å². The summed E-state index contributed by atoms with van der Waals surface area (Å²) in [5.74, 6) is 1.65. The summed E-state index contributed by atoms with van der Waals surface area (Å²) in [7, 11) is -3.21. The number of nitrogens with zero attached hydrogens (tertiary/aromatic N) is 1. The minimum atomic E-state index is -3.21. The zero-order valence-corrected chi connectivity index (χ0v) is 16.7. The molecule has 6 heteroatoms. The van der Waals surface area contributed by atoms with E-state index in [0.717, 1.165) is 31.8 Å². The minimum absolute atomic E-state index is 0.0893. The Morgan fingerprint density at radius 1 is 1.24 bits per heavy atom. The van der Waals surface area contributed by atoms with Gasteiger partial charge in [0.2, 0.25) is 10.0 Å². The van der Waals surface area contributed by atoms with Crippen LogP contribution >= 0.6 is 0 Å². The van der Waals surface area contributed by atoms with Crippen LogP contribution in [-0.2, 0) is 10.0 Å². The molecule has 1 fully saturated rings. The van der Waals surface area contributed by atoms with E-state index in [0.29, 0.717) is 12.5 Å². The van der Waals surface area contributed by atoms with E-state index in [4.69, 9.17) is 4.74 Å². The standard InChI is InChI=1S/C19H32N2O3S/c1-5-21-12-11-17(19(13-21)20-25(22,23)6-2)14-24-18-9-7-16(8-10-18)15(3)4/h7-10,15,17,19-20H,5-6,11-14H2,1-4H3. The first kappa shape index (κ1) is 20.2. The van der Waals surface area contributed by atoms with Crippen molar-refractivity contribution in [3.05, 3.63) is 29.8 Å². The van der Waals surface area contributed by atoms with Crippen molar-refractivity contribution in [3.8, 4) is 5.75 Å². The molecule has 2 unspecified atom stereocenters. The molecule has 1 aliphatic heterocycles. The Balaban J connectivity index is 1.99. The third-order valence-corrected chi connectivity index (χ3v) is 6.43. The van der Waals surface area contributed by atoms with Crippen LogP contribution < -0.4 is 9.46 Å². The van der Waals surface area contributed by atoms with Crippen LogP contribution in [0.4, 0.5) is 0 Å². The van der Waals surface area contributed by atoms with Crippen LogP contribution in [0.15, 0.2) is 24.3 Å². The maximum Gasteiger partial charge on any atom is 0.211 e. The first-order valence-corrected chi connectivity index (χ1v) is 10.9. The fourth-order valence-electron chi connectivity index (χ4n) is 3.15. The number of benzene rings is 1. The summed E-state index contributed by atoms with van der Waals surface area (Å²) in [6, 6.07) is 8.10. The van der Waals surface area contributed by atoms with E-state index in [9.17, 15) is 8.42 Å². The molecule has 5 nitrogen and oxygen atoms in total. The Labute approximate surface area is 152 Å². The van der Waals surface area contributed by atoms with Crippen molar-refractivity contribution in [2.24, 2.45) is 5.92 Å². The summed E-state index contributed by atoms with van der Waals surface area (Å²) >= 11 is 0. The lowest BCUT2D eigenvalue weighted by Crippen LogP contribution is -2.54. The van der Waals surface area contributed by atoms with Crippen LogP contribution in [0, 0.1) is 5.92 Å². The summed E-state index contributed by atoms with van der Waals surface area (Å²) < 4.78 is 32.9. The maximum absolute atomic E-state index is 12.0. The van der Waals surface area contributed by atoms with E-state index < -0.39 is 10.0 Å². The molecular formula is C19H32N2O3S. The number of likely N-dealkylation sites (tertiary alicyclic amines) is 1. The summed E-state index contributed by atoms with van der Waals surface area (Å²) in [6.07, 6.45) is 0.939. The Morgan fingerprint density at radius 2 is 1.92 bits per heavy atom. The molecule has 0 radical (unpaired) electrons. The van der Waals surface area contributed by atoms with Crippen molar-refractivity contribution in [3.63, 3.8) is 0 Å². The van der Waals surface area contributed by atoms with Gasteiger partial charge < -0.3 is 9.64 Å². The number of hydrogen-bond donors (Lipinski definition) is 1. The van der Waals surface area contributed by atoms with Gasteiger partial charge in [0.25, 0.3) is 0 Å². The second-order valence-electron chi connectivity index (χ2n) is 7.10. The lowest BCUT2D eigenvalue weighted by atomic mass is 9.93. The highest BCUT2D eigenvalue weighted by Crippen LogP contribution is 2.22. The number of piperidine rings is 1. The largest absolute Gasteiger partial charge is 0.493 e. The lowest BCUT2D eigenvalue weighted by Gasteiger charge is -2.38. The third-order valence-electron chi connectivity index (χ3n) is 5.01. The van der Waals surface area contributed by atoms with Gasteiger partial charge in [-0.05, 0) is 50.0 Å². The van der Waals surface area contributed by atoms with Gasteiger partial charge in [-0.2, -0.15) is 0 Å². The average molecular weight is 369 g/mol. The normalized spacial score (nSPS) is 22.3. The van der Waals surface area contributed by atoms with Crippen molar-refractivity contribution in [1.29, 1.82) is 0 Å². The molecule has 2 atom stereocenters. The van der Waals surface area contributed by atoms with Gasteiger partial charge in [0.15, 0.2) is 0 Å². The fourth-order valence-corrected chi connectivity index (χ4v) is 4.05. The quantitative estimate of drug-likeness (QED) is 0.766. The van der Waals surface area contributed by atoms with Gasteiger partial charge in [0.05, 0.1) is 12.4 Å². The average Bonchev–Trinajstić information content (AvgIpc) is 2.60. The highest BCUT2D eigenvalue weighted by molar-refractivity contribution is 7.89. The molecule has 2 rings (SSSR count). The second kappa shape index (κ2) is 9.01. The Kier molecular flexibility index (Phi) is 7.28. The van der Waals surface area contributed by atoms with Gasteiger partial charge in [0, 0.05) is 18.5 Å². The molecule has 0 amide bonds. The highest BCUT2D eigenvalue weighted by atomic mass is 32.2. The molecule has 0 aliphatic carbocycles. The number of sulfonamides is 1. The molecule has 1 aliphatic rings. The van der Waals surface area contributed by atoms with E-state index in [1.165, 1.54) is 5.56 Å². The minimum Gasteiger partial charge on any atom is -0.493 e. The molecular weight excluding hydrogens is 336 g/mol. The Morgan fingerprint density at radius 3 is 2.48 bits per heavy atom. The predicted molar refractivity (Wildman–Crippen MR) is 103 cm³/mol. The molecule has 0 bridgehead atoms. The van der Waals surface area contributed by atoms with Crippen molar-refractivity contribution in [1.82, 2.24) is 9.62 Å². The van der Waals surface area contributed by atoms with E-state index in [-0.39, 0.29) is 17.7 Å². The van der Waals surface area contributed by atoms with Crippen LogP contribution in [0.2, 0.25) is 0 Å². The summed E-state index contributed by atoms with van der Waals surface area (Å²) in [4.78, 5) is 2.29. The Bertz CT molecular complexity index is 629. The van der Waals surface area contributed by atoms with Gasteiger partial charge in [-0.1, -0.05) is 32.9 Å². The summed E-state index contributed by atoms with van der Waals surface area (Å²) in [5, 5.41) is 0. The van der Waals surface area contributed by atoms with E-state index in [2.05, 4.69) is 42.5 Å². The molecule has 0 spiro atoms. The van der Waals surface area contributed by atoms with Crippen LogP contribution in [0.3, 0.4) is 0 Å². The Hall–Kier alpha value is -1.11. The molecule has 1 saturated heterocycles. The van der Waals surface area contributed by atoms with Crippen molar-refractivity contribution in [2.75, 3.05) is 32.0 Å². The number of nitrogens with one attached hydrogen (secondary N) is 1. The highest BCUT2D eigenvalue weighted by Gasteiger charge is 2.31. The van der Waals surface area contributed by atoms with Gasteiger partial charge in [0.1, 0.15) is 5.75 Å². The lowest BCUT2D eigenvalue weighted by molar-refractivity contribution is 0.117. The molecule has 142 valence electrons. The third kappa shape index (κ3) is 5.97. The number of hydrogen-bond acceptors (Lipinski definition) is 4. The fraction of sp³-hybridized carbons (Fsp3) is 0.684. The molecule has 1 heterocycles. The topological polar surface area (TPSA) is 58.6 Å². The van der Waals surface area contributed by atoms with E-state index >= 15 is 0 Å². The van der Waals surface area contributed by atoms with Gasteiger partial charge in [-0.15, -0.1) is 0 Å². The molecule has 1 aromatic rings. The molecule has 1 N–H and O–H groups in total. The van der Waals surface area contributed by atoms with Crippen molar-refractivity contribution >= 4 is 10.0 Å². The van der Waals surface area contributed by atoms with Crippen LogP contribution in [0.25, 0.3) is 0 Å². The zero-order chi connectivity index (χ0) is 18.4. The zero-order valence-electron chi connectivity index (χ0n) is 15.9. The molecule has 0 aromatic heterocycles. The molecule has 1 aromatic carbocycles.